The Labute approximate surface area is 167 Å². The molecular formula is C22H31ClO4. The lowest BCUT2D eigenvalue weighted by molar-refractivity contribution is 0.120. The topological polar surface area (TPSA) is 69.9 Å². The third-order valence-electron chi connectivity index (χ3n) is 4.99. The number of hydrogen-bond acceptors (Lipinski definition) is 4. The predicted molar refractivity (Wildman–Crippen MR) is 109 cm³/mol. The molecule has 27 heavy (non-hydrogen) atoms. The van der Waals surface area contributed by atoms with E-state index in [1.807, 2.05) is 6.08 Å². The number of rotatable bonds is 10. The van der Waals surface area contributed by atoms with E-state index < -0.39 is 18.3 Å². The molecule has 1 aliphatic rings. The Morgan fingerprint density at radius 3 is 2.81 bits per heavy atom. The summed E-state index contributed by atoms with van der Waals surface area (Å²) in [6.45, 7) is 2.26. The average molecular weight is 395 g/mol. The van der Waals surface area contributed by atoms with E-state index in [-0.39, 0.29) is 18.4 Å². The maximum absolute atomic E-state index is 10.3. The number of unbranched alkanes of at least 4 members (excludes halogenated alkanes) is 2. The number of aliphatic hydroxyl groups excluding tert-OH is 3. The fourth-order valence-corrected chi connectivity index (χ4v) is 3.63. The molecule has 1 fully saturated rings. The van der Waals surface area contributed by atoms with Gasteiger partial charge in [0.1, 0.15) is 18.5 Å². The largest absolute Gasteiger partial charge is 0.491 e. The summed E-state index contributed by atoms with van der Waals surface area (Å²) in [4.78, 5) is 0. The zero-order valence-electron chi connectivity index (χ0n) is 15.9. The molecule has 0 bridgehead atoms. The molecule has 5 unspecified atom stereocenters. The van der Waals surface area contributed by atoms with E-state index in [1.165, 1.54) is 0 Å². The number of hydrogen-bond donors (Lipinski definition) is 3. The van der Waals surface area contributed by atoms with Crippen LogP contribution >= 0.6 is 11.6 Å². The molecule has 3 N–H and O–H groups in total. The fraction of sp³-hybridized carbons (Fsp3) is 0.545. The van der Waals surface area contributed by atoms with Crippen LogP contribution in [0.25, 0.3) is 0 Å². The minimum Gasteiger partial charge on any atom is -0.491 e. The molecular weight excluding hydrogens is 364 g/mol. The van der Waals surface area contributed by atoms with Crippen molar-refractivity contribution < 1.29 is 20.1 Å². The van der Waals surface area contributed by atoms with Gasteiger partial charge in [0.15, 0.2) is 0 Å². The highest BCUT2D eigenvalue weighted by Crippen LogP contribution is 2.36. The molecule has 1 aromatic carbocycles. The third-order valence-corrected chi connectivity index (χ3v) is 5.22. The van der Waals surface area contributed by atoms with Gasteiger partial charge in [-0.2, -0.15) is 0 Å². The van der Waals surface area contributed by atoms with E-state index in [2.05, 4.69) is 19.1 Å². The third kappa shape index (κ3) is 7.30. The van der Waals surface area contributed by atoms with E-state index in [0.717, 1.165) is 25.7 Å². The van der Waals surface area contributed by atoms with Crippen LogP contribution in [-0.2, 0) is 0 Å². The molecule has 0 saturated heterocycles. The minimum absolute atomic E-state index is 0.0322. The van der Waals surface area contributed by atoms with Crippen molar-refractivity contribution in [3.8, 4) is 5.75 Å². The van der Waals surface area contributed by atoms with Gasteiger partial charge in [0.2, 0.25) is 0 Å². The molecule has 5 heteroatoms. The Balaban J connectivity index is 1.86. The fourth-order valence-electron chi connectivity index (χ4n) is 3.45. The standard InChI is InChI=1S/C22H31ClO4/c1-2-3-4-5-6-10-19-20(22(26)14-21(19)25)12-11-17(24)15-27-18-9-7-8-16(23)13-18/h5-9,11-13,17,19-22,24-26H,2-4,10,14-15H2,1H3/b6-5+,12-11+. The van der Waals surface area contributed by atoms with Crippen LogP contribution in [0.1, 0.15) is 39.0 Å². The predicted octanol–water partition coefficient (Wildman–Crippen LogP) is 4.13. The second-order valence-corrected chi connectivity index (χ2v) is 7.62. The Hall–Kier alpha value is -1.33. The molecule has 150 valence electrons. The number of benzene rings is 1. The van der Waals surface area contributed by atoms with E-state index in [0.29, 0.717) is 17.2 Å². The van der Waals surface area contributed by atoms with Crippen LogP contribution in [0.5, 0.6) is 5.75 Å². The van der Waals surface area contributed by atoms with Crippen LogP contribution in [-0.4, -0.2) is 40.2 Å². The summed E-state index contributed by atoms with van der Waals surface area (Å²) in [7, 11) is 0. The van der Waals surface area contributed by atoms with Gasteiger partial charge < -0.3 is 20.1 Å². The van der Waals surface area contributed by atoms with Crippen molar-refractivity contribution in [2.75, 3.05) is 6.61 Å². The smallest absolute Gasteiger partial charge is 0.120 e. The number of ether oxygens (including phenoxy) is 1. The summed E-state index contributed by atoms with van der Waals surface area (Å²) in [6.07, 6.45) is 10.3. The van der Waals surface area contributed by atoms with Crippen molar-refractivity contribution in [2.45, 2.75) is 57.3 Å². The highest BCUT2D eigenvalue weighted by molar-refractivity contribution is 6.30. The van der Waals surface area contributed by atoms with Crippen molar-refractivity contribution in [2.24, 2.45) is 11.8 Å². The van der Waals surface area contributed by atoms with Crippen LogP contribution < -0.4 is 4.74 Å². The summed E-state index contributed by atoms with van der Waals surface area (Å²) < 4.78 is 5.53. The molecule has 0 aromatic heterocycles. The molecule has 1 aromatic rings. The number of allylic oxidation sites excluding steroid dienone is 2. The Kier molecular flexibility index (Phi) is 9.35. The highest BCUT2D eigenvalue weighted by atomic mass is 35.5. The van der Waals surface area contributed by atoms with Crippen molar-refractivity contribution in [3.05, 3.63) is 53.6 Å². The quantitative estimate of drug-likeness (QED) is 0.412. The van der Waals surface area contributed by atoms with E-state index in [1.54, 1.807) is 30.3 Å². The molecule has 4 nitrogen and oxygen atoms in total. The molecule has 1 aliphatic carbocycles. The second-order valence-electron chi connectivity index (χ2n) is 7.18. The molecule has 0 radical (unpaired) electrons. The maximum atomic E-state index is 10.3. The zero-order valence-corrected chi connectivity index (χ0v) is 16.6. The summed E-state index contributed by atoms with van der Waals surface area (Å²) in [6, 6.07) is 7.01. The van der Waals surface area contributed by atoms with Crippen LogP contribution in [0.3, 0.4) is 0 Å². The Morgan fingerprint density at radius 1 is 1.26 bits per heavy atom. The number of aliphatic hydroxyl groups is 3. The molecule has 0 heterocycles. The van der Waals surface area contributed by atoms with Crippen molar-refractivity contribution >= 4 is 11.6 Å². The van der Waals surface area contributed by atoms with Gasteiger partial charge in [-0.3, -0.25) is 0 Å². The first-order valence-corrected chi connectivity index (χ1v) is 10.1. The SMILES string of the molecule is CCCC/C=C/CC1C(O)CC(O)C1/C=C/C(O)COc1cccc(Cl)c1. The second kappa shape index (κ2) is 11.5. The average Bonchev–Trinajstić information content (AvgIpc) is 2.91. The molecule has 2 rings (SSSR count). The van der Waals surface area contributed by atoms with Crippen LogP contribution in [0.15, 0.2) is 48.6 Å². The molecule has 0 amide bonds. The molecule has 0 spiro atoms. The zero-order chi connectivity index (χ0) is 19.6. The van der Waals surface area contributed by atoms with Gasteiger partial charge in [0.05, 0.1) is 12.2 Å². The van der Waals surface area contributed by atoms with Gasteiger partial charge in [-0.15, -0.1) is 0 Å². The minimum atomic E-state index is -0.797. The summed E-state index contributed by atoms with van der Waals surface area (Å²) in [5, 5.41) is 31.2. The van der Waals surface area contributed by atoms with Gasteiger partial charge in [0.25, 0.3) is 0 Å². The highest BCUT2D eigenvalue weighted by Gasteiger charge is 2.39. The number of halogens is 1. The lowest BCUT2D eigenvalue weighted by Crippen LogP contribution is -2.21. The molecule has 0 aliphatic heterocycles. The first-order chi connectivity index (χ1) is 13.0. The first-order valence-electron chi connectivity index (χ1n) is 9.77. The van der Waals surface area contributed by atoms with E-state index in [9.17, 15) is 15.3 Å². The first kappa shape index (κ1) is 22.0. The van der Waals surface area contributed by atoms with Gasteiger partial charge in [-0.05, 0) is 37.0 Å². The Morgan fingerprint density at radius 2 is 2.07 bits per heavy atom. The Bertz CT molecular complexity index is 616. The van der Waals surface area contributed by atoms with Gasteiger partial charge in [-0.25, -0.2) is 0 Å². The lowest BCUT2D eigenvalue weighted by Gasteiger charge is -2.19. The molecule has 5 atom stereocenters. The van der Waals surface area contributed by atoms with E-state index in [4.69, 9.17) is 16.3 Å². The normalized spacial score (nSPS) is 26.9. The van der Waals surface area contributed by atoms with Gasteiger partial charge in [0, 0.05) is 17.4 Å². The van der Waals surface area contributed by atoms with Crippen molar-refractivity contribution in [1.82, 2.24) is 0 Å². The van der Waals surface area contributed by atoms with Gasteiger partial charge in [-0.1, -0.05) is 61.7 Å². The van der Waals surface area contributed by atoms with Crippen molar-refractivity contribution in [3.63, 3.8) is 0 Å². The monoisotopic (exact) mass is 394 g/mol. The summed E-state index contributed by atoms with van der Waals surface area (Å²) in [5.41, 5.74) is 0. The summed E-state index contributed by atoms with van der Waals surface area (Å²) >= 11 is 5.91. The lowest BCUT2D eigenvalue weighted by atomic mass is 9.89. The summed E-state index contributed by atoms with van der Waals surface area (Å²) in [5.74, 6) is 0.396. The van der Waals surface area contributed by atoms with Gasteiger partial charge >= 0.3 is 0 Å². The molecule has 1 saturated carbocycles. The van der Waals surface area contributed by atoms with Crippen LogP contribution in [0.2, 0.25) is 5.02 Å². The van der Waals surface area contributed by atoms with E-state index >= 15 is 0 Å². The van der Waals surface area contributed by atoms with Crippen molar-refractivity contribution in [1.29, 1.82) is 0 Å². The van der Waals surface area contributed by atoms with Crippen LogP contribution in [0, 0.1) is 11.8 Å². The van der Waals surface area contributed by atoms with Crippen LogP contribution in [0.4, 0.5) is 0 Å². The maximum Gasteiger partial charge on any atom is 0.120 e.